The van der Waals surface area contributed by atoms with Crippen molar-refractivity contribution >= 4 is 21.6 Å². The highest BCUT2D eigenvalue weighted by Crippen LogP contribution is 2.17. The van der Waals surface area contributed by atoms with Gasteiger partial charge in [-0.25, -0.2) is 21.9 Å². The predicted octanol–water partition coefficient (Wildman–Crippen LogP) is 2.67. The Balaban J connectivity index is 1.96. The Morgan fingerprint density at radius 2 is 1.73 bits per heavy atom. The lowest BCUT2D eigenvalue weighted by molar-refractivity contribution is -0.115. The van der Waals surface area contributed by atoms with Gasteiger partial charge in [-0.05, 0) is 50.2 Å². The van der Waals surface area contributed by atoms with Crippen molar-refractivity contribution in [2.45, 2.75) is 24.8 Å². The highest BCUT2D eigenvalue weighted by atomic mass is 32.2. The fourth-order valence-electron chi connectivity index (χ4n) is 1.99. The number of benzene rings is 2. The maximum Gasteiger partial charge on any atom is 0.241 e. The molecule has 0 atom stereocenters. The normalized spacial score (nSPS) is 11.4. The summed E-state index contributed by atoms with van der Waals surface area (Å²) < 4.78 is 57.8. The van der Waals surface area contributed by atoms with Gasteiger partial charge in [-0.2, -0.15) is 0 Å². The van der Waals surface area contributed by atoms with Crippen LogP contribution >= 0.6 is 0 Å². The van der Waals surface area contributed by atoms with Crippen LogP contribution < -0.4 is 14.8 Å². The summed E-state index contributed by atoms with van der Waals surface area (Å²) in [5.41, 5.74) is 0.0169. The summed E-state index contributed by atoms with van der Waals surface area (Å²) in [7, 11) is -3.91. The highest BCUT2D eigenvalue weighted by molar-refractivity contribution is 7.89. The molecule has 140 valence electrons. The van der Waals surface area contributed by atoms with Crippen LogP contribution in [0, 0.1) is 11.6 Å². The minimum atomic E-state index is -3.91. The van der Waals surface area contributed by atoms with E-state index in [-0.39, 0.29) is 16.7 Å². The molecular weight excluding hydrogens is 366 g/mol. The van der Waals surface area contributed by atoms with Gasteiger partial charge < -0.3 is 10.1 Å². The van der Waals surface area contributed by atoms with Crippen molar-refractivity contribution in [1.82, 2.24) is 4.72 Å². The number of halogens is 2. The Labute approximate surface area is 150 Å². The largest absolute Gasteiger partial charge is 0.491 e. The van der Waals surface area contributed by atoms with Gasteiger partial charge in [0, 0.05) is 11.8 Å². The van der Waals surface area contributed by atoms with Crippen molar-refractivity contribution in [1.29, 1.82) is 0 Å². The van der Waals surface area contributed by atoms with Crippen LogP contribution in [0.25, 0.3) is 0 Å². The number of anilines is 1. The van der Waals surface area contributed by atoms with Crippen LogP contribution in [-0.2, 0) is 14.8 Å². The van der Waals surface area contributed by atoms with Crippen LogP contribution in [0.1, 0.15) is 13.8 Å². The summed E-state index contributed by atoms with van der Waals surface area (Å²) in [6.07, 6.45) is -0.0458. The molecule has 0 aliphatic rings. The van der Waals surface area contributed by atoms with Crippen LogP contribution in [0.2, 0.25) is 0 Å². The van der Waals surface area contributed by atoms with E-state index < -0.39 is 34.1 Å². The highest BCUT2D eigenvalue weighted by Gasteiger charge is 2.16. The molecule has 26 heavy (non-hydrogen) atoms. The molecule has 0 saturated carbocycles. The number of nitrogens with one attached hydrogen (secondary N) is 2. The Hall–Kier alpha value is -2.52. The smallest absolute Gasteiger partial charge is 0.241 e. The Kier molecular flexibility index (Phi) is 6.27. The molecule has 0 aliphatic heterocycles. The summed E-state index contributed by atoms with van der Waals surface area (Å²) in [6.45, 7) is 3.13. The van der Waals surface area contributed by atoms with E-state index in [1.165, 1.54) is 24.3 Å². The monoisotopic (exact) mass is 384 g/mol. The van der Waals surface area contributed by atoms with E-state index in [1.54, 1.807) is 0 Å². The molecule has 2 aromatic rings. The van der Waals surface area contributed by atoms with E-state index in [0.717, 1.165) is 18.2 Å². The molecule has 0 bridgehead atoms. The zero-order chi connectivity index (χ0) is 19.3. The summed E-state index contributed by atoms with van der Waals surface area (Å²) >= 11 is 0. The first kappa shape index (κ1) is 19.8. The molecule has 0 heterocycles. The number of sulfonamides is 1. The third-order valence-corrected chi connectivity index (χ3v) is 4.55. The molecule has 6 nitrogen and oxygen atoms in total. The van der Waals surface area contributed by atoms with Crippen molar-refractivity contribution < 1.29 is 26.7 Å². The van der Waals surface area contributed by atoms with E-state index in [2.05, 4.69) is 10.0 Å². The molecule has 0 saturated heterocycles. The molecule has 0 aromatic heterocycles. The Morgan fingerprint density at radius 3 is 2.31 bits per heavy atom. The van der Waals surface area contributed by atoms with Crippen LogP contribution in [-0.4, -0.2) is 27.0 Å². The molecule has 2 N–H and O–H groups in total. The van der Waals surface area contributed by atoms with E-state index >= 15 is 0 Å². The zero-order valence-electron chi connectivity index (χ0n) is 14.1. The van der Waals surface area contributed by atoms with Crippen molar-refractivity contribution in [3.8, 4) is 5.75 Å². The van der Waals surface area contributed by atoms with Gasteiger partial charge in [0.2, 0.25) is 15.9 Å². The molecule has 0 aliphatic carbocycles. The molecule has 0 unspecified atom stereocenters. The standard InChI is InChI=1S/C17H18F2N2O4S/c1-11(2)25-13-4-6-14(7-5-13)26(23,24)20-10-17(22)21-12-3-8-15(18)16(19)9-12/h3-9,11,20H,10H2,1-2H3,(H,21,22). The van der Waals surface area contributed by atoms with Crippen LogP contribution in [0.5, 0.6) is 5.75 Å². The summed E-state index contributed by atoms with van der Waals surface area (Å²) in [5, 5.41) is 2.27. The van der Waals surface area contributed by atoms with Gasteiger partial charge in [0.1, 0.15) is 5.75 Å². The summed E-state index contributed by atoms with van der Waals surface area (Å²) in [6, 6.07) is 8.55. The molecule has 2 aromatic carbocycles. The fourth-order valence-corrected chi connectivity index (χ4v) is 2.97. The molecule has 0 radical (unpaired) electrons. The zero-order valence-corrected chi connectivity index (χ0v) is 14.9. The first-order chi connectivity index (χ1) is 12.2. The second-order valence-electron chi connectivity index (χ2n) is 5.64. The van der Waals surface area contributed by atoms with Crippen LogP contribution in [0.15, 0.2) is 47.4 Å². The first-order valence-corrected chi connectivity index (χ1v) is 9.17. The SMILES string of the molecule is CC(C)Oc1ccc(S(=O)(=O)NCC(=O)Nc2ccc(F)c(F)c2)cc1. The number of hydrogen-bond acceptors (Lipinski definition) is 4. The van der Waals surface area contributed by atoms with Gasteiger partial charge in [0.25, 0.3) is 0 Å². The Bertz CT molecular complexity index is 884. The number of hydrogen-bond donors (Lipinski definition) is 2. The van der Waals surface area contributed by atoms with Crippen LogP contribution in [0.3, 0.4) is 0 Å². The second kappa shape index (κ2) is 8.24. The molecule has 1 amide bonds. The minimum Gasteiger partial charge on any atom is -0.491 e. The maximum absolute atomic E-state index is 13.1. The number of rotatable bonds is 7. The fraction of sp³-hybridized carbons (Fsp3) is 0.235. The quantitative estimate of drug-likeness (QED) is 0.769. The van der Waals surface area contributed by atoms with Gasteiger partial charge in [0.15, 0.2) is 11.6 Å². The van der Waals surface area contributed by atoms with E-state index in [9.17, 15) is 22.0 Å². The average Bonchev–Trinajstić information content (AvgIpc) is 2.56. The third kappa shape index (κ3) is 5.50. The second-order valence-corrected chi connectivity index (χ2v) is 7.41. The third-order valence-electron chi connectivity index (χ3n) is 3.13. The van der Waals surface area contributed by atoms with E-state index in [4.69, 9.17) is 4.74 Å². The van der Waals surface area contributed by atoms with Crippen molar-refractivity contribution in [2.75, 3.05) is 11.9 Å². The number of ether oxygens (including phenoxy) is 1. The lowest BCUT2D eigenvalue weighted by atomic mass is 10.3. The van der Waals surface area contributed by atoms with Gasteiger partial charge in [-0.1, -0.05) is 0 Å². The summed E-state index contributed by atoms with van der Waals surface area (Å²) in [4.78, 5) is 11.8. The molecule has 0 spiro atoms. The van der Waals surface area contributed by atoms with Gasteiger partial charge in [-0.3, -0.25) is 4.79 Å². The maximum atomic E-state index is 13.1. The molecule has 9 heteroatoms. The van der Waals surface area contributed by atoms with Crippen molar-refractivity contribution in [3.63, 3.8) is 0 Å². The molecule has 2 rings (SSSR count). The van der Waals surface area contributed by atoms with E-state index in [0.29, 0.717) is 5.75 Å². The number of amides is 1. The van der Waals surface area contributed by atoms with Crippen molar-refractivity contribution in [2.24, 2.45) is 0 Å². The lowest BCUT2D eigenvalue weighted by Gasteiger charge is -2.11. The molecule has 0 fully saturated rings. The Morgan fingerprint density at radius 1 is 1.08 bits per heavy atom. The number of carbonyl (C=O) groups is 1. The van der Waals surface area contributed by atoms with Crippen molar-refractivity contribution in [3.05, 3.63) is 54.1 Å². The predicted molar refractivity (Wildman–Crippen MR) is 92.4 cm³/mol. The topological polar surface area (TPSA) is 84.5 Å². The van der Waals surface area contributed by atoms with Gasteiger partial charge in [-0.15, -0.1) is 0 Å². The first-order valence-electron chi connectivity index (χ1n) is 7.68. The van der Waals surface area contributed by atoms with Gasteiger partial charge >= 0.3 is 0 Å². The van der Waals surface area contributed by atoms with E-state index in [1.807, 2.05) is 13.8 Å². The summed E-state index contributed by atoms with van der Waals surface area (Å²) in [5.74, 6) is -2.37. The van der Waals surface area contributed by atoms with Gasteiger partial charge in [0.05, 0.1) is 17.5 Å². The number of carbonyl (C=O) groups excluding carboxylic acids is 1. The molecular formula is C17H18F2N2O4S. The average molecular weight is 384 g/mol. The lowest BCUT2D eigenvalue weighted by Crippen LogP contribution is -2.32. The minimum absolute atomic E-state index is 0.0169. The van der Waals surface area contributed by atoms with Crippen LogP contribution in [0.4, 0.5) is 14.5 Å².